The van der Waals surface area contributed by atoms with Crippen molar-refractivity contribution in [3.63, 3.8) is 0 Å². The van der Waals surface area contributed by atoms with Gasteiger partial charge in [-0.05, 0) is 54.8 Å². The Labute approximate surface area is 616 Å². The first-order valence-electron chi connectivity index (χ1n) is 33.2. The molecule has 25 atom stereocenters. The van der Waals surface area contributed by atoms with Crippen LogP contribution in [-0.2, 0) is 57.1 Å². The number of carbonyl (C=O) groups is 8. The number of thiazole rings is 2. The maximum absolute atomic E-state index is 15.3. The van der Waals surface area contributed by atoms with Crippen LogP contribution in [0.25, 0.3) is 10.7 Å². The number of rotatable bonds is 37. The van der Waals surface area contributed by atoms with E-state index in [0.29, 0.717) is 13.0 Å². The topological polar surface area (TPSA) is 735 Å². The van der Waals surface area contributed by atoms with E-state index in [-0.39, 0.29) is 32.7 Å². The highest BCUT2D eigenvalue weighted by atomic mass is 32.1. The number of hydrogen-bond acceptors (Lipinski definition) is 38. The minimum Gasteiger partial charge on any atom is -0.441 e. The summed E-state index contributed by atoms with van der Waals surface area (Å²) in [5.74, 6) is -8.27. The number of aliphatic hydroxyl groups is 11. The van der Waals surface area contributed by atoms with Crippen molar-refractivity contribution in [3.05, 3.63) is 56.8 Å². The number of aromatic amines is 1. The Morgan fingerprint density at radius 1 is 0.748 bits per heavy atom. The zero-order valence-corrected chi connectivity index (χ0v) is 60.0. The second-order valence-corrected chi connectivity index (χ2v) is 27.4. The van der Waals surface area contributed by atoms with Gasteiger partial charge < -0.3 is 166 Å². The summed E-state index contributed by atoms with van der Waals surface area (Å²) < 4.78 is 40.4. The first-order chi connectivity index (χ1) is 50.4. The molecule has 17 unspecified atom stereocenters. The third-order valence-electron chi connectivity index (χ3n) is 17.2. The lowest BCUT2D eigenvalue weighted by molar-refractivity contribution is -0.372. The number of nitrogens with two attached hydrogens (primary N) is 6. The standard InChI is InChI=1S/C60H93N19O26S2/c1-19-34(75-49(77-47(19)64)24(10-31(62)84)69-12-23(61)48(65)93)51(95)76-36(44(25-13-67-18-70-25)102-59-46(40(89)37(86)29(14-80)101-59)103-58-42(91)45(104-60(66)98)38(87)30(15-81)100-58)53(97)71-20(2)28(83)11-32(85)74-35(21(3)82)52(96)78-54(105-57-41(90)39(88)33(63)22(4)99-57)43(92)56-73-27(17-107-56)55-72-26(16-106-55)50(94)68-8-7-9-79(5)6/h13,16-18,20-24,28-30,33,35-46,54,57-59,69,80-83,86-92H,7-12,14-15,61,63H2,1-6H3,(H2,62,84)(H2,65,93)(H2,66,98)(H,67,70)(H,68,94)(H,71,97)(H,74,85)(H,76,95)(H,78,96)(H2,64,75,77)/t20-,21-,22?,23+,24+,28+,29?,30?,33?,35+,36+,37?,38?,39?,40?,41?,42?,43?,44+,45?,46?,54?,57?,58?,59?/m1/s1. The molecular weight excluding hydrogens is 1470 g/mol. The molecule has 0 radical (unpaired) electrons. The van der Waals surface area contributed by atoms with Crippen LogP contribution >= 0.6 is 22.7 Å². The number of nitrogens with one attached hydrogen (secondary N) is 7. The molecule has 4 aromatic heterocycles. The molecule has 0 spiro atoms. The number of anilines is 1. The van der Waals surface area contributed by atoms with Crippen LogP contribution in [-0.4, -0.2) is 320 Å². The number of H-pyrrole nitrogens is 1. The highest BCUT2D eigenvalue weighted by Crippen LogP contribution is 2.36. The number of aromatic nitrogens is 6. The molecule has 107 heavy (non-hydrogen) atoms. The van der Waals surface area contributed by atoms with Gasteiger partial charge in [0.05, 0.1) is 80.3 Å². The molecule has 3 saturated heterocycles. The average Bonchev–Trinajstić information content (AvgIpc) is 1.31. The lowest BCUT2D eigenvalue weighted by Gasteiger charge is -2.47. The minimum atomic E-state index is -2.26. The Kier molecular flexibility index (Phi) is 31.4. The number of nitrogen functional groups attached to an aromatic ring is 1. The van der Waals surface area contributed by atoms with Gasteiger partial charge >= 0.3 is 6.09 Å². The maximum Gasteiger partial charge on any atom is 0.404 e. The molecular formula is C60H93N19O26S2. The zero-order chi connectivity index (χ0) is 79.2. The predicted octanol–water partition coefficient (Wildman–Crippen LogP) is -10.6. The summed E-state index contributed by atoms with van der Waals surface area (Å²) in [5, 5.41) is 140. The third kappa shape index (κ3) is 22.4. The summed E-state index contributed by atoms with van der Waals surface area (Å²) in [4.78, 5) is 134. The molecule has 0 aromatic carbocycles. The average molecular weight is 1560 g/mol. The lowest BCUT2D eigenvalue weighted by Crippen LogP contribution is -2.65. The largest absolute Gasteiger partial charge is 0.441 e. The normalized spacial score (nSPS) is 27.4. The van der Waals surface area contributed by atoms with Crippen LogP contribution in [0.2, 0.25) is 0 Å². The predicted molar refractivity (Wildman–Crippen MR) is 364 cm³/mol. The van der Waals surface area contributed by atoms with Crippen molar-refractivity contribution in [1.29, 1.82) is 0 Å². The van der Waals surface area contributed by atoms with Crippen molar-refractivity contribution in [1.82, 2.24) is 66.7 Å². The van der Waals surface area contributed by atoms with Gasteiger partial charge in [0.1, 0.15) is 112 Å². The highest BCUT2D eigenvalue weighted by molar-refractivity contribution is 7.14. The number of nitrogens with zero attached hydrogens (tertiary/aromatic N) is 6. The lowest BCUT2D eigenvalue weighted by atomic mass is 9.97. The molecule has 0 saturated carbocycles. The van der Waals surface area contributed by atoms with Crippen molar-refractivity contribution >= 4 is 75.9 Å². The number of hydrogen-bond donors (Lipinski definition) is 24. The molecule has 47 heteroatoms. The molecule has 30 N–H and O–H groups in total. The van der Waals surface area contributed by atoms with E-state index in [1.54, 1.807) is 0 Å². The molecule has 8 amide bonds. The van der Waals surface area contributed by atoms with Crippen LogP contribution < -0.4 is 66.3 Å². The van der Waals surface area contributed by atoms with Crippen LogP contribution in [0, 0.1) is 6.92 Å². The van der Waals surface area contributed by atoms with Crippen molar-refractivity contribution < 1.29 is 128 Å². The minimum absolute atomic E-state index is 0.0858. The molecule has 596 valence electrons. The monoisotopic (exact) mass is 1560 g/mol. The van der Waals surface area contributed by atoms with Gasteiger partial charge in [-0.15, -0.1) is 22.7 Å². The Bertz CT molecular complexity index is 3650. The van der Waals surface area contributed by atoms with E-state index in [2.05, 4.69) is 61.8 Å². The fraction of sp³-hybridized carbons (Fsp3) is 0.650. The van der Waals surface area contributed by atoms with Gasteiger partial charge in [0, 0.05) is 35.8 Å². The van der Waals surface area contributed by atoms with Crippen LogP contribution in [0.5, 0.6) is 0 Å². The number of ether oxygens (including phenoxy) is 7. The highest BCUT2D eigenvalue weighted by Gasteiger charge is 2.54. The van der Waals surface area contributed by atoms with E-state index in [1.807, 2.05) is 19.0 Å². The Morgan fingerprint density at radius 3 is 2.05 bits per heavy atom. The molecule has 0 bridgehead atoms. The smallest absolute Gasteiger partial charge is 0.404 e. The summed E-state index contributed by atoms with van der Waals surface area (Å²) in [6, 6.07) is -9.65. The van der Waals surface area contributed by atoms with Gasteiger partial charge in [-0.1, -0.05) is 0 Å². The number of primary amides is 3. The summed E-state index contributed by atoms with van der Waals surface area (Å²) in [6.45, 7) is 3.57. The Hall–Kier alpha value is -7.93. The SMILES string of the molecule is Cc1c(N)nc([C@H](CC(N)=O)NC[C@H](N)C(N)=O)nc1C(=O)N[C@H](C(=O)N[C@H](C)[C@@H](O)CC(=O)N[C@H](C(=O)NC(OC1OC(C)C(N)C(O)C1O)C(O)c1nc(-c2nc(C(=O)NCCCN(C)C)cs2)cs1)[C@@H](C)O)[C@@H](OC1OC(CO)C(O)C(O)C1OC1OC(CO)C(O)C(OC(N)=O)C1O)c1cnc[nH]1. The van der Waals surface area contributed by atoms with Crippen molar-refractivity contribution in [2.24, 2.45) is 28.7 Å². The molecule has 4 aromatic rings. The molecule has 3 fully saturated rings. The van der Waals surface area contributed by atoms with E-state index in [0.717, 1.165) is 55.6 Å². The van der Waals surface area contributed by atoms with Crippen LogP contribution in [0.1, 0.15) is 101 Å². The summed E-state index contributed by atoms with van der Waals surface area (Å²) in [6.07, 6.45) is -37.0. The quantitative estimate of drug-likeness (QED) is 0.0147. The second kappa shape index (κ2) is 38.9. The van der Waals surface area contributed by atoms with Crippen molar-refractivity contribution in [2.75, 3.05) is 52.7 Å². The number of aliphatic hydroxyl groups excluding tert-OH is 11. The van der Waals surface area contributed by atoms with E-state index in [4.69, 9.17) is 67.6 Å². The van der Waals surface area contributed by atoms with Gasteiger partial charge in [0.25, 0.3) is 11.8 Å². The number of imidazole rings is 1. The van der Waals surface area contributed by atoms with Gasteiger partial charge in [0.2, 0.25) is 29.5 Å². The molecule has 0 aliphatic carbocycles. The van der Waals surface area contributed by atoms with Gasteiger partial charge in [-0.25, -0.2) is 29.7 Å². The van der Waals surface area contributed by atoms with Gasteiger partial charge in [-0.3, -0.25) is 33.6 Å². The summed E-state index contributed by atoms with van der Waals surface area (Å²) in [5.41, 5.74) is 33.5. The number of carbonyl (C=O) groups excluding carboxylic acids is 8. The van der Waals surface area contributed by atoms with Gasteiger partial charge in [-0.2, -0.15) is 0 Å². The van der Waals surface area contributed by atoms with Crippen LogP contribution in [0.4, 0.5) is 10.6 Å². The zero-order valence-electron chi connectivity index (χ0n) is 58.4. The fourth-order valence-electron chi connectivity index (χ4n) is 11.0. The molecule has 3 aliphatic rings. The molecule has 7 heterocycles. The van der Waals surface area contributed by atoms with Crippen LogP contribution in [0.15, 0.2) is 23.3 Å². The third-order valence-corrected chi connectivity index (χ3v) is 19.0. The van der Waals surface area contributed by atoms with Crippen molar-refractivity contribution in [3.8, 4) is 10.7 Å². The Balaban J connectivity index is 1.18. The Morgan fingerprint density at radius 2 is 1.42 bits per heavy atom. The first-order valence-corrected chi connectivity index (χ1v) is 34.9. The molecule has 45 nitrogen and oxygen atoms in total. The van der Waals surface area contributed by atoms with Crippen molar-refractivity contribution in [2.45, 2.75) is 200 Å². The van der Waals surface area contributed by atoms with Crippen LogP contribution in [0.3, 0.4) is 0 Å². The van der Waals surface area contributed by atoms with Gasteiger partial charge in [0.15, 0.2) is 37.3 Å². The van der Waals surface area contributed by atoms with E-state index < -0.39 is 250 Å². The second-order valence-electron chi connectivity index (χ2n) is 25.7. The first kappa shape index (κ1) is 86.3. The summed E-state index contributed by atoms with van der Waals surface area (Å²) >= 11 is 1.91. The van der Waals surface area contributed by atoms with E-state index >= 15 is 4.79 Å². The molecule has 7 rings (SSSR count). The number of amides is 8. The molecule has 3 aliphatic heterocycles. The maximum atomic E-state index is 15.3. The van der Waals surface area contributed by atoms with E-state index in [9.17, 15) is 89.7 Å². The fourth-order valence-corrected chi connectivity index (χ4v) is 12.7. The van der Waals surface area contributed by atoms with E-state index in [1.165, 1.54) is 24.6 Å². The summed E-state index contributed by atoms with van der Waals surface area (Å²) in [7, 11) is 3.78.